The Labute approximate surface area is 466 Å². The molecule has 0 radical (unpaired) electrons. The highest BCUT2D eigenvalue weighted by Crippen LogP contribution is 2.57. The molecule has 12 rings (SSSR count). The number of carbonyl (C=O) groups excluding carboxylic acids is 3. The third-order valence-electron chi connectivity index (χ3n) is 18.9. The molecular formula is C67H73F4N3O6. The summed E-state index contributed by atoms with van der Waals surface area (Å²) in [6.45, 7) is 5.90. The second kappa shape index (κ2) is 22.8. The first-order chi connectivity index (χ1) is 38.4. The van der Waals surface area contributed by atoms with E-state index >= 15 is 0 Å². The van der Waals surface area contributed by atoms with E-state index < -0.39 is 33.9 Å². The normalized spacial score (nSPS) is 23.3. The van der Waals surface area contributed by atoms with Gasteiger partial charge in [-0.1, -0.05) is 144 Å². The Balaban J connectivity index is 0.000000135. The lowest BCUT2D eigenvalue weighted by Gasteiger charge is -2.36. The molecule has 6 aliphatic rings. The number of anilines is 3. The summed E-state index contributed by atoms with van der Waals surface area (Å²) in [6.07, 6.45) is 14.6. The smallest absolute Gasteiger partial charge is 0.418 e. The molecule has 3 amide bonds. The SMILES string of the molecule is Cc1c(F)ccc2c1NC(=O)C2(c1ccc(O)cc1)C1CCCCCC1.Cc1ccc2c(c1C)NC(=O)C2(c1ccc(O)cc1)C1CCCCCC1.O=C1Nc2c(C(F)(F)F)cccc2C1(c1ccc(O)cc1)C1CCCCCC1. The molecule has 6 aromatic carbocycles. The van der Waals surface area contributed by atoms with Gasteiger partial charge < -0.3 is 31.3 Å². The van der Waals surface area contributed by atoms with Crippen molar-refractivity contribution in [1.29, 1.82) is 0 Å². The Hall–Kier alpha value is -7.15. The molecule has 0 saturated heterocycles. The number of nitrogens with one attached hydrogen (secondary N) is 3. The van der Waals surface area contributed by atoms with Crippen molar-refractivity contribution in [3.05, 3.63) is 177 Å². The third-order valence-corrected chi connectivity index (χ3v) is 18.9. The number of hydrogen-bond donors (Lipinski definition) is 6. The summed E-state index contributed by atoms with van der Waals surface area (Å²) in [5, 5.41) is 38.0. The molecular weight excluding hydrogens is 1020 g/mol. The van der Waals surface area contributed by atoms with Gasteiger partial charge in [-0.05, 0) is 170 Å². The minimum absolute atomic E-state index is 0.0578. The maximum atomic E-state index is 14.1. The van der Waals surface area contributed by atoms with Gasteiger partial charge in [0.25, 0.3) is 0 Å². The van der Waals surface area contributed by atoms with E-state index in [-0.39, 0.29) is 58.3 Å². The minimum Gasteiger partial charge on any atom is -0.508 e. The Morgan fingerprint density at radius 3 is 1.10 bits per heavy atom. The van der Waals surface area contributed by atoms with Gasteiger partial charge in [0, 0.05) is 11.3 Å². The van der Waals surface area contributed by atoms with Crippen LogP contribution in [0.2, 0.25) is 0 Å². The maximum absolute atomic E-state index is 14.1. The van der Waals surface area contributed by atoms with Crippen LogP contribution in [0, 0.1) is 44.3 Å². The van der Waals surface area contributed by atoms with Gasteiger partial charge in [0.15, 0.2) is 0 Å². The van der Waals surface area contributed by atoms with Crippen LogP contribution < -0.4 is 16.0 Å². The number of alkyl halides is 3. The molecule has 0 aromatic heterocycles. The second-order valence-corrected chi connectivity index (χ2v) is 23.2. The first-order valence-electron chi connectivity index (χ1n) is 28.9. The Morgan fingerprint density at radius 2 is 0.738 bits per heavy atom. The quantitative estimate of drug-likeness (QED) is 0.0723. The highest BCUT2D eigenvalue weighted by Gasteiger charge is 2.57. The molecule has 3 heterocycles. The van der Waals surface area contributed by atoms with E-state index in [1.807, 2.05) is 24.3 Å². The van der Waals surface area contributed by atoms with Gasteiger partial charge >= 0.3 is 6.18 Å². The number of amides is 3. The Morgan fingerprint density at radius 1 is 0.412 bits per heavy atom. The first kappa shape index (κ1) is 56.1. The maximum Gasteiger partial charge on any atom is 0.418 e. The van der Waals surface area contributed by atoms with Gasteiger partial charge in [0.2, 0.25) is 17.7 Å². The number of phenolic OH excluding ortho intramolecular Hbond substituents is 3. The van der Waals surface area contributed by atoms with E-state index in [0.717, 1.165) is 117 Å². The van der Waals surface area contributed by atoms with Crippen LogP contribution in [-0.4, -0.2) is 33.0 Å². The zero-order valence-electron chi connectivity index (χ0n) is 46.0. The summed E-state index contributed by atoms with van der Waals surface area (Å²) < 4.78 is 54.9. The summed E-state index contributed by atoms with van der Waals surface area (Å²) in [6, 6.07) is 32.1. The zero-order valence-corrected chi connectivity index (χ0v) is 46.0. The monoisotopic (exact) mass is 1090 g/mol. The van der Waals surface area contributed by atoms with E-state index in [2.05, 4.69) is 41.9 Å². The molecule has 13 heteroatoms. The van der Waals surface area contributed by atoms with E-state index in [0.29, 0.717) is 22.4 Å². The third kappa shape index (κ3) is 9.80. The van der Waals surface area contributed by atoms with Crippen molar-refractivity contribution in [2.24, 2.45) is 17.8 Å². The Kier molecular flexibility index (Phi) is 16.0. The predicted octanol–water partition coefficient (Wildman–Crippen LogP) is 15.9. The number of phenols is 3. The standard InChI is InChI=1S/C23H27NO2.C22H22F3NO2.C22H24FNO2/c1-15-9-14-20-21(16(15)2)24-22(26)23(20,17-7-5-3-4-6-8-17)18-10-12-19(25)13-11-18;23-22(24,25)18-9-5-8-17-19(18)26-20(28)21(17,14-6-3-1-2-4-7-14)15-10-12-16(27)13-11-15;1-14-19(23)13-12-18-20(14)24-21(26)22(18,15-6-4-2-3-5-7-15)16-8-10-17(25)11-9-16/h9-14,17,25H,3-8H2,1-2H3,(H,24,26);5,8-14,27H,1-4,6-7H2,(H,26,28);8-13,15,25H,2-7H2,1H3,(H,24,26). The fraction of sp³-hybridized carbons (Fsp3) is 0.418. The largest absolute Gasteiger partial charge is 0.508 e. The van der Waals surface area contributed by atoms with Crippen LogP contribution in [-0.2, 0) is 36.8 Å². The van der Waals surface area contributed by atoms with Gasteiger partial charge in [-0.25, -0.2) is 4.39 Å². The number of rotatable bonds is 6. The minimum atomic E-state index is -4.55. The molecule has 3 aliphatic carbocycles. The molecule has 3 saturated carbocycles. The first-order valence-corrected chi connectivity index (χ1v) is 28.9. The van der Waals surface area contributed by atoms with Gasteiger partial charge in [-0.2, -0.15) is 13.2 Å². The lowest BCUT2D eigenvalue weighted by Crippen LogP contribution is -2.43. The number of carbonyl (C=O) groups is 3. The van der Waals surface area contributed by atoms with E-state index in [1.165, 1.54) is 68.4 Å². The fourth-order valence-corrected chi connectivity index (χ4v) is 14.8. The number of halogens is 4. The molecule has 3 unspecified atom stereocenters. The summed E-state index contributed by atoms with van der Waals surface area (Å²) in [4.78, 5) is 40.3. The number of benzene rings is 6. The Bertz CT molecular complexity index is 3100. The lowest BCUT2D eigenvalue weighted by atomic mass is 9.63. The molecule has 0 bridgehead atoms. The summed E-state index contributed by atoms with van der Waals surface area (Å²) >= 11 is 0. The molecule has 420 valence electrons. The molecule has 3 aliphatic heterocycles. The van der Waals surface area contributed by atoms with Crippen molar-refractivity contribution in [3.63, 3.8) is 0 Å². The van der Waals surface area contributed by atoms with Crippen LogP contribution >= 0.6 is 0 Å². The zero-order chi connectivity index (χ0) is 56.6. The topological polar surface area (TPSA) is 148 Å². The van der Waals surface area contributed by atoms with Gasteiger partial charge in [0.1, 0.15) is 39.3 Å². The second-order valence-electron chi connectivity index (χ2n) is 23.2. The molecule has 80 heavy (non-hydrogen) atoms. The van der Waals surface area contributed by atoms with Crippen molar-refractivity contribution in [2.45, 2.75) is 159 Å². The van der Waals surface area contributed by atoms with Gasteiger partial charge in [0.05, 0.1) is 16.9 Å². The molecule has 3 atom stereocenters. The van der Waals surface area contributed by atoms with Gasteiger partial charge in [-0.3, -0.25) is 14.4 Å². The van der Waals surface area contributed by atoms with E-state index in [1.54, 1.807) is 55.5 Å². The fourth-order valence-electron chi connectivity index (χ4n) is 14.8. The average molecular weight is 1090 g/mol. The summed E-state index contributed by atoms with van der Waals surface area (Å²) in [7, 11) is 0. The predicted molar refractivity (Wildman–Crippen MR) is 305 cm³/mol. The van der Waals surface area contributed by atoms with Crippen molar-refractivity contribution in [1.82, 2.24) is 0 Å². The molecule has 0 spiro atoms. The van der Waals surface area contributed by atoms with E-state index in [9.17, 15) is 47.3 Å². The van der Waals surface area contributed by atoms with Crippen LogP contribution in [0.15, 0.2) is 115 Å². The molecule has 6 N–H and O–H groups in total. The summed E-state index contributed by atoms with van der Waals surface area (Å²) in [5.74, 6) is 0.160. The highest BCUT2D eigenvalue weighted by atomic mass is 19.4. The van der Waals surface area contributed by atoms with Gasteiger partial charge in [-0.15, -0.1) is 0 Å². The van der Waals surface area contributed by atoms with Crippen molar-refractivity contribution in [3.8, 4) is 17.2 Å². The molecule has 3 fully saturated rings. The van der Waals surface area contributed by atoms with Crippen molar-refractivity contribution >= 4 is 34.8 Å². The van der Waals surface area contributed by atoms with Crippen molar-refractivity contribution in [2.75, 3.05) is 16.0 Å². The molecule has 9 nitrogen and oxygen atoms in total. The van der Waals surface area contributed by atoms with Crippen molar-refractivity contribution < 1.29 is 47.3 Å². The van der Waals surface area contributed by atoms with Crippen LogP contribution in [0.5, 0.6) is 17.2 Å². The van der Waals surface area contributed by atoms with Crippen LogP contribution in [0.25, 0.3) is 0 Å². The number of aryl methyl sites for hydroxylation is 1. The average Bonchev–Trinajstić information content (AvgIpc) is 3.70. The van der Waals surface area contributed by atoms with Crippen LogP contribution in [0.3, 0.4) is 0 Å². The highest BCUT2D eigenvalue weighted by molar-refractivity contribution is 6.11. The number of fused-ring (bicyclic) bond motifs is 3. The van der Waals surface area contributed by atoms with E-state index in [4.69, 9.17) is 0 Å². The number of aromatic hydroxyl groups is 3. The number of para-hydroxylation sites is 1. The molecule has 6 aromatic rings. The lowest BCUT2D eigenvalue weighted by molar-refractivity contribution is -0.137. The van der Waals surface area contributed by atoms with Crippen LogP contribution in [0.1, 0.15) is 171 Å². The summed E-state index contributed by atoms with van der Waals surface area (Å²) in [5.41, 5.74) is 5.78. The number of hydrogen-bond acceptors (Lipinski definition) is 6. The van der Waals surface area contributed by atoms with Crippen LogP contribution in [0.4, 0.5) is 34.6 Å².